The maximum Gasteiger partial charge on any atom is 0.317 e. The van der Waals surface area contributed by atoms with Crippen molar-refractivity contribution in [2.24, 2.45) is 17.8 Å². The molecule has 3 rings (SSSR count). The summed E-state index contributed by atoms with van der Waals surface area (Å²) in [5, 5.41) is 3.01. The van der Waals surface area contributed by atoms with Gasteiger partial charge in [0.25, 0.3) is 0 Å². The maximum atomic E-state index is 12.2. The smallest absolute Gasteiger partial charge is 0.317 e. The van der Waals surface area contributed by atoms with Crippen LogP contribution in [0.2, 0.25) is 0 Å². The van der Waals surface area contributed by atoms with Crippen molar-refractivity contribution in [2.75, 3.05) is 33.2 Å². The van der Waals surface area contributed by atoms with E-state index in [0.29, 0.717) is 18.4 Å². The van der Waals surface area contributed by atoms with Crippen molar-refractivity contribution < 1.29 is 9.59 Å². The van der Waals surface area contributed by atoms with E-state index in [-0.39, 0.29) is 17.9 Å². The van der Waals surface area contributed by atoms with Gasteiger partial charge >= 0.3 is 6.03 Å². The van der Waals surface area contributed by atoms with Gasteiger partial charge in [-0.15, -0.1) is 0 Å². The summed E-state index contributed by atoms with van der Waals surface area (Å²) in [6, 6.07) is 0.0624. The molecule has 0 unspecified atom stereocenters. The Labute approximate surface area is 139 Å². The lowest BCUT2D eigenvalue weighted by atomic mass is 9.84. The van der Waals surface area contributed by atoms with E-state index in [9.17, 15) is 9.59 Å². The van der Waals surface area contributed by atoms with Crippen LogP contribution in [0.4, 0.5) is 4.79 Å². The number of likely N-dealkylation sites (tertiary alicyclic amines) is 1. The third-order valence-corrected chi connectivity index (χ3v) is 5.69. The summed E-state index contributed by atoms with van der Waals surface area (Å²) in [4.78, 5) is 28.1. The normalized spacial score (nSPS) is 26.6. The average molecular weight is 319 g/mol. The van der Waals surface area contributed by atoms with Crippen LogP contribution < -0.4 is 5.32 Å². The second-order valence-corrected chi connectivity index (χ2v) is 7.34. The molecule has 0 aromatic carbocycles. The molecule has 2 fully saturated rings. The highest BCUT2D eigenvalue weighted by atomic mass is 16.2. The highest BCUT2D eigenvalue weighted by Crippen LogP contribution is 2.32. The van der Waals surface area contributed by atoms with Gasteiger partial charge in [0.1, 0.15) is 0 Å². The molecule has 3 aliphatic rings. The highest BCUT2D eigenvalue weighted by Gasteiger charge is 2.34. The zero-order chi connectivity index (χ0) is 16.2. The molecule has 3 amide bonds. The number of rotatable bonds is 5. The Hall–Kier alpha value is -1.52. The van der Waals surface area contributed by atoms with E-state index in [4.69, 9.17) is 0 Å². The Kier molecular flexibility index (Phi) is 5.23. The standard InChI is InChI=1S/C18H29N3O2/c1-20(17(22)14-8-4-9-14)11-5-10-19-18(23)21-12-15-6-2-3-7-16(15)13-21/h2-3,14-16H,4-13H2,1H3,(H,19,23)/t15-,16+. The Bertz CT molecular complexity index is 457. The molecule has 2 atom stereocenters. The second-order valence-electron chi connectivity index (χ2n) is 7.34. The zero-order valence-corrected chi connectivity index (χ0v) is 14.2. The number of carbonyl (C=O) groups is 2. The molecule has 5 heteroatoms. The van der Waals surface area contributed by atoms with Gasteiger partial charge in [-0.05, 0) is 43.9 Å². The first kappa shape index (κ1) is 16.3. The molecule has 1 saturated heterocycles. The minimum absolute atomic E-state index is 0.0624. The Morgan fingerprint density at radius 1 is 1.17 bits per heavy atom. The summed E-state index contributed by atoms with van der Waals surface area (Å²) >= 11 is 0. The van der Waals surface area contributed by atoms with Gasteiger partial charge in [-0.2, -0.15) is 0 Å². The van der Waals surface area contributed by atoms with Gasteiger partial charge in [0, 0.05) is 39.1 Å². The van der Waals surface area contributed by atoms with Crippen LogP contribution in [0, 0.1) is 17.8 Å². The third-order valence-electron chi connectivity index (χ3n) is 5.69. The summed E-state index contributed by atoms with van der Waals surface area (Å²) in [5.41, 5.74) is 0. The summed E-state index contributed by atoms with van der Waals surface area (Å²) in [6.07, 6.45) is 10.8. The van der Waals surface area contributed by atoms with Crippen LogP contribution in [0.25, 0.3) is 0 Å². The number of amides is 3. The van der Waals surface area contributed by atoms with Crippen LogP contribution in [-0.4, -0.2) is 55.0 Å². The van der Waals surface area contributed by atoms with E-state index in [2.05, 4.69) is 17.5 Å². The number of carbonyl (C=O) groups excluding carboxylic acids is 2. The molecule has 0 bridgehead atoms. The Balaban J connectivity index is 1.31. The maximum absolute atomic E-state index is 12.2. The molecule has 2 aliphatic carbocycles. The number of hydrogen-bond acceptors (Lipinski definition) is 2. The number of nitrogens with zero attached hydrogens (tertiary/aromatic N) is 2. The van der Waals surface area contributed by atoms with Gasteiger partial charge in [-0.1, -0.05) is 18.6 Å². The van der Waals surface area contributed by atoms with Crippen molar-refractivity contribution >= 4 is 11.9 Å². The Morgan fingerprint density at radius 2 is 1.83 bits per heavy atom. The third kappa shape index (κ3) is 3.88. The number of urea groups is 1. The van der Waals surface area contributed by atoms with Gasteiger partial charge in [0.05, 0.1) is 0 Å². The first-order valence-corrected chi connectivity index (χ1v) is 9.08. The first-order chi connectivity index (χ1) is 11.1. The molecule has 0 spiro atoms. The van der Waals surface area contributed by atoms with Crippen LogP contribution in [-0.2, 0) is 4.79 Å². The molecule has 1 N–H and O–H groups in total. The fraction of sp³-hybridized carbons (Fsp3) is 0.778. The van der Waals surface area contributed by atoms with Crippen molar-refractivity contribution in [3.8, 4) is 0 Å². The van der Waals surface area contributed by atoms with Gasteiger partial charge in [-0.3, -0.25) is 4.79 Å². The van der Waals surface area contributed by atoms with Crippen molar-refractivity contribution in [3.63, 3.8) is 0 Å². The molecule has 5 nitrogen and oxygen atoms in total. The van der Waals surface area contributed by atoms with Crippen molar-refractivity contribution in [1.29, 1.82) is 0 Å². The monoisotopic (exact) mass is 319 g/mol. The van der Waals surface area contributed by atoms with Crippen LogP contribution >= 0.6 is 0 Å². The van der Waals surface area contributed by atoms with E-state index < -0.39 is 0 Å². The molecule has 0 radical (unpaired) electrons. The van der Waals surface area contributed by atoms with E-state index in [1.54, 1.807) is 0 Å². The van der Waals surface area contributed by atoms with E-state index in [1.165, 1.54) is 6.42 Å². The van der Waals surface area contributed by atoms with Crippen LogP contribution in [0.1, 0.15) is 38.5 Å². The van der Waals surface area contributed by atoms with Crippen molar-refractivity contribution in [3.05, 3.63) is 12.2 Å². The number of fused-ring (bicyclic) bond motifs is 1. The van der Waals surface area contributed by atoms with E-state index in [1.807, 2.05) is 16.8 Å². The highest BCUT2D eigenvalue weighted by molar-refractivity contribution is 5.79. The van der Waals surface area contributed by atoms with E-state index in [0.717, 1.165) is 51.7 Å². The summed E-state index contributed by atoms with van der Waals surface area (Å²) in [5.74, 6) is 1.84. The van der Waals surface area contributed by atoms with Crippen molar-refractivity contribution in [2.45, 2.75) is 38.5 Å². The molecule has 128 valence electrons. The van der Waals surface area contributed by atoms with Crippen LogP contribution in [0.15, 0.2) is 12.2 Å². The topological polar surface area (TPSA) is 52.7 Å². The molecule has 0 aromatic rings. The molecule has 1 heterocycles. The molecule has 1 aliphatic heterocycles. The van der Waals surface area contributed by atoms with Gasteiger partial charge in [0.15, 0.2) is 0 Å². The molecule has 0 aromatic heterocycles. The molecular formula is C18H29N3O2. The summed E-state index contributed by atoms with van der Waals surface area (Å²) in [6.45, 7) is 3.15. The zero-order valence-electron chi connectivity index (χ0n) is 14.2. The average Bonchev–Trinajstić information content (AvgIpc) is 2.93. The summed E-state index contributed by atoms with van der Waals surface area (Å²) in [7, 11) is 1.88. The Morgan fingerprint density at radius 3 is 2.39 bits per heavy atom. The van der Waals surface area contributed by atoms with Gasteiger partial charge in [0.2, 0.25) is 5.91 Å². The largest absolute Gasteiger partial charge is 0.345 e. The molecule has 1 saturated carbocycles. The predicted molar refractivity (Wildman–Crippen MR) is 89.9 cm³/mol. The molecule has 23 heavy (non-hydrogen) atoms. The van der Waals surface area contributed by atoms with Crippen molar-refractivity contribution in [1.82, 2.24) is 15.1 Å². The minimum Gasteiger partial charge on any atom is -0.345 e. The second kappa shape index (κ2) is 7.37. The first-order valence-electron chi connectivity index (χ1n) is 9.08. The minimum atomic E-state index is 0.0624. The van der Waals surface area contributed by atoms with Crippen LogP contribution in [0.3, 0.4) is 0 Å². The van der Waals surface area contributed by atoms with Crippen LogP contribution in [0.5, 0.6) is 0 Å². The number of nitrogens with one attached hydrogen (secondary N) is 1. The lowest BCUT2D eigenvalue weighted by Gasteiger charge is -2.29. The summed E-state index contributed by atoms with van der Waals surface area (Å²) < 4.78 is 0. The lowest BCUT2D eigenvalue weighted by molar-refractivity contribution is -0.136. The fourth-order valence-electron chi connectivity index (χ4n) is 3.88. The lowest BCUT2D eigenvalue weighted by Crippen LogP contribution is -2.41. The number of allylic oxidation sites excluding steroid dienone is 2. The van der Waals surface area contributed by atoms with Gasteiger partial charge in [-0.25, -0.2) is 4.79 Å². The van der Waals surface area contributed by atoms with E-state index >= 15 is 0 Å². The predicted octanol–water partition coefficient (Wildman–Crippen LogP) is 2.24. The number of hydrogen-bond donors (Lipinski definition) is 1. The SMILES string of the molecule is CN(CCCNC(=O)N1C[C@H]2CC=CC[C@H]2C1)C(=O)C1CCC1. The molecular weight excluding hydrogens is 290 g/mol. The fourth-order valence-corrected chi connectivity index (χ4v) is 3.88. The quantitative estimate of drug-likeness (QED) is 0.624. The van der Waals surface area contributed by atoms with Gasteiger partial charge < -0.3 is 15.1 Å².